The molecule has 0 N–H and O–H groups in total. The Morgan fingerprint density at radius 2 is 1.94 bits per heavy atom. The molecule has 16 heavy (non-hydrogen) atoms. The Labute approximate surface area is 100 Å². The van der Waals surface area contributed by atoms with Gasteiger partial charge in [0.1, 0.15) is 5.15 Å². The second-order valence-corrected chi connectivity index (χ2v) is 6.57. The van der Waals surface area contributed by atoms with Crippen molar-refractivity contribution >= 4 is 27.1 Å². The molecular weight excluding hydrogens is 248 g/mol. The zero-order valence-electron chi connectivity index (χ0n) is 8.98. The van der Waals surface area contributed by atoms with Gasteiger partial charge in [0.25, 0.3) is 0 Å². The normalized spacial score (nSPS) is 19.8. The van der Waals surface area contributed by atoms with Gasteiger partial charge in [-0.3, -0.25) is 0 Å². The molecule has 2 rings (SSSR count). The summed E-state index contributed by atoms with van der Waals surface area (Å²) in [5, 5.41) is 0.464. The molecule has 0 atom stereocenters. The largest absolute Gasteiger partial charge is 0.368 e. The molecule has 0 radical (unpaired) electrons. The van der Waals surface area contributed by atoms with E-state index in [4.69, 9.17) is 11.6 Å². The fourth-order valence-electron chi connectivity index (χ4n) is 1.81. The molecule has 88 valence electrons. The molecule has 0 amide bonds. The zero-order chi connectivity index (χ0) is 11.8. The number of hydrogen-bond acceptors (Lipinski definition) is 4. The highest BCUT2D eigenvalue weighted by Crippen LogP contribution is 2.22. The second-order valence-electron chi connectivity index (χ2n) is 3.88. The second kappa shape index (κ2) is 4.22. The Kier molecular flexibility index (Phi) is 3.08. The molecule has 0 bridgehead atoms. The maximum absolute atomic E-state index is 11.3. The molecule has 0 aromatic carbocycles. The van der Waals surface area contributed by atoms with Crippen LogP contribution < -0.4 is 4.90 Å². The van der Waals surface area contributed by atoms with Crippen LogP contribution in [0.3, 0.4) is 0 Å². The van der Waals surface area contributed by atoms with Crippen molar-refractivity contribution in [3.8, 4) is 0 Å². The van der Waals surface area contributed by atoms with Crippen molar-refractivity contribution < 1.29 is 8.42 Å². The number of aromatic nitrogens is 1. The average molecular weight is 261 g/mol. The van der Waals surface area contributed by atoms with E-state index in [1.165, 1.54) is 0 Å². The molecule has 4 nitrogen and oxygen atoms in total. The smallest absolute Gasteiger partial charge is 0.153 e. The van der Waals surface area contributed by atoms with Crippen molar-refractivity contribution in [3.63, 3.8) is 0 Å². The molecule has 0 saturated carbocycles. The summed E-state index contributed by atoms with van der Waals surface area (Å²) in [5.41, 5.74) is 1.81. The molecule has 2 heterocycles. The van der Waals surface area contributed by atoms with Gasteiger partial charge in [0.2, 0.25) is 0 Å². The van der Waals surface area contributed by atoms with E-state index in [2.05, 4.69) is 4.98 Å². The number of hydrogen-bond donors (Lipinski definition) is 0. The fourth-order valence-corrected chi connectivity index (χ4v) is 3.20. The van der Waals surface area contributed by atoms with E-state index in [0.29, 0.717) is 18.2 Å². The summed E-state index contributed by atoms with van der Waals surface area (Å²) in [6.45, 7) is 2.95. The Morgan fingerprint density at radius 3 is 2.50 bits per heavy atom. The highest BCUT2D eigenvalue weighted by atomic mass is 35.5. The molecule has 6 heteroatoms. The first kappa shape index (κ1) is 11.7. The Bertz CT molecular complexity index is 488. The maximum atomic E-state index is 11.3. The van der Waals surface area contributed by atoms with E-state index < -0.39 is 9.84 Å². The highest BCUT2D eigenvalue weighted by Gasteiger charge is 2.22. The van der Waals surface area contributed by atoms with Crippen LogP contribution in [-0.4, -0.2) is 38.0 Å². The third-order valence-corrected chi connectivity index (χ3v) is 4.53. The van der Waals surface area contributed by atoms with E-state index in [-0.39, 0.29) is 11.5 Å². The summed E-state index contributed by atoms with van der Waals surface area (Å²) in [5.74, 6) is 0.435. The lowest BCUT2D eigenvalue weighted by Gasteiger charge is -2.29. The summed E-state index contributed by atoms with van der Waals surface area (Å²) < 4.78 is 22.6. The number of nitrogens with zero attached hydrogens (tertiary/aromatic N) is 2. The van der Waals surface area contributed by atoms with Crippen molar-refractivity contribution in [1.82, 2.24) is 4.98 Å². The quantitative estimate of drug-likeness (QED) is 0.714. The van der Waals surface area contributed by atoms with Crippen molar-refractivity contribution in [3.05, 3.63) is 23.0 Å². The minimum atomic E-state index is -2.83. The Morgan fingerprint density at radius 1 is 1.31 bits per heavy atom. The van der Waals surface area contributed by atoms with Crippen LogP contribution in [0.5, 0.6) is 0 Å². The average Bonchev–Trinajstić information content (AvgIpc) is 2.19. The SMILES string of the molecule is Cc1nc(Cl)ccc1N1CCS(=O)(=O)CC1. The zero-order valence-corrected chi connectivity index (χ0v) is 10.6. The molecular formula is C10H13ClN2O2S. The minimum Gasteiger partial charge on any atom is -0.368 e. The first-order chi connectivity index (χ1) is 7.48. The lowest BCUT2D eigenvalue weighted by atomic mass is 10.3. The number of pyridine rings is 1. The van der Waals surface area contributed by atoms with Gasteiger partial charge < -0.3 is 4.90 Å². The van der Waals surface area contributed by atoms with Crippen LogP contribution in [0.15, 0.2) is 12.1 Å². The molecule has 0 spiro atoms. The number of anilines is 1. The van der Waals surface area contributed by atoms with Crippen LogP contribution in [0, 0.1) is 6.92 Å². The van der Waals surface area contributed by atoms with Gasteiger partial charge in [-0.05, 0) is 19.1 Å². The third-order valence-electron chi connectivity index (χ3n) is 2.71. The third kappa shape index (κ3) is 2.47. The van der Waals surface area contributed by atoms with Crippen LogP contribution >= 0.6 is 11.6 Å². The number of sulfone groups is 1. The predicted molar refractivity (Wildman–Crippen MR) is 64.9 cm³/mol. The van der Waals surface area contributed by atoms with Crippen LogP contribution in [0.2, 0.25) is 5.15 Å². The molecule has 1 aliphatic rings. The van der Waals surface area contributed by atoms with Gasteiger partial charge in [0.05, 0.1) is 22.9 Å². The van der Waals surface area contributed by atoms with E-state index in [0.717, 1.165) is 11.4 Å². The van der Waals surface area contributed by atoms with E-state index in [1.54, 1.807) is 6.07 Å². The predicted octanol–water partition coefficient (Wildman–Crippen LogP) is 1.28. The highest BCUT2D eigenvalue weighted by molar-refractivity contribution is 7.91. The van der Waals surface area contributed by atoms with Gasteiger partial charge in [-0.2, -0.15) is 0 Å². The topological polar surface area (TPSA) is 50.3 Å². The van der Waals surface area contributed by atoms with Crippen molar-refractivity contribution in [1.29, 1.82) is 0 Å². The minimum absolute atomic E-state index is 0.217. The summed E-state index contributed by atoms with van der Waals surface area (Å²) in [4.78, 5) is 6.20. The summed E-state index contributed by atoms with van der Waals surface area (Å²) in [6.07, 6.45) is 0. The monoisotopic (exact) mass is 260 g/mol. The van der Waals surface area contributed by atoms with Crippen molar-refractivity contribution in [2.45, 2.75) is 6.92 Å². The van der Waals surface area contributed by atoms with Gasteiger partial charge in [-0.25, -0.2) is 13.4 Å². The van der Waals surface area contributed by atoms with Gasteiger partial charge >= 0.3 is 0 Å². The van der Waals surface area contributed by atoms with E-state index in [9.17, 15) is 8.42 Å². The lowest BCUT2D eigenvalue weighted by Crippen LogP contribution is -2.40. The van der Waals surface area contributed by atoms with E-state index >= 15 is 0 Å². The molecule has 1 aromatic rings. The molecule has 1 fully saturated rings. The van der Waals surface area contributed by atoms with Crippen LogP contribution in [0.4, 0.5) is 5.69 Å². The molecule has 0 aliphatic carbocycles. The fraction of sp³-hybridized carbons (Fsp3) is 0.500. The standard InChI is InChI=1S/C10H13ClN2O2S/c1-8-9(2-3-10(11)12-8)13-4-6-16(14,15)7-5-13/h2-3H,4-7H2,1H3. The Balaban J connectivity index is 2.20. The molecule has 1 aromatic heterocycles. The molecule has 1 saturated heterocycles. The first-order valence-electron chi connectivity index (χ1n) is 5.06. The number of halogens is 1. The van der Waals surface area contributed by atoms with Crippen LogP contribution in [0.1, 0.15) is 5.69 Å². The first-order valence-corrected chi connectivity index (χ1v) is 7.26. The van der Waals surface area contributed by atoms with Gasteiger partial charge in [-0.1, -0.05) is 11.6 Å². The van der Waals surface area contributed by atoms with Gasteiger partial charge in [0.15, 0.2) is 9.84 Å². The van der Waals surface area contributed by atoms with E-state index in [1.807, 2.05) is 17.9 Å². The van der Waals surface area contributed by atoms with Crippen LogP contribution in [-0.2, 0) is 9.84 Å². The van der Waals surface area contributed by atoms with Gasteiger partial charge in [0, 0.05) is 13.1 Å². The van der Waals surface area contributed by atoms with Crippen molar-refractivity contribution in [2.24, 2.45) is 0 Å². The Hall–Kier alpha value is -0.810. The molecule has 1 aliphatic heterocycles. The number of rotatable bonds is 1. The summed E-state index contributed by atoms with van der Waals surface area (Å²) >= 11 is 5.78. The summed E-state index contributed by atoms with van der Waals surface area (Å²) in [6, 6.07) is 3.62. The molecule has 0 unspecified atom stereocenters. The van der Waals surface area contributed by atoms with Crippen molar-refractivity contribution in [2.75, 3.05) is 29.5 Å². The maximum Gasteiger partial charge on any atom is 0.153 e. The lowest BCUT2D eigenvalue weighted by molar-refractivity contribution is 0.586. The van der Waals surface area contributed by atoms with Crippen LogP contribution in [0.25, 0.3) is 0 Å². The van der Waals surface area contributed by atoms with Gasteiger partial charge in [-0.15, -0.1) is 0 Å². The number of aryl methyl sites for hydroxylation is 1. The summed E-state index contributed by atoms with van der Waals surface area (Å²) in [7, 11) is -2.83.